The van der Waals surface area contributed by atoms with Gasteiger partial charge in [0.15, 0.2) is 11.6 Å². The van der Waals surface area contributed by atoms with E-state index in [9.17, 15) is 9.18 Å². The lowest BCUT2D eigenvalue weighted by Crippen LogP contribution is -2.10. The summed E-state index contributed by atoms with van der Waals surface area (Å²) in [5.41, 5.74) is 0.399. The molecule has 100 valence electrons. The Morgan fingerprint density at radius 1 is 1.42 bits per heavy atom. The lowest BCUT2D eigenvalue weighted by Gasteiger charge is -2.07. The Bertz CT molecular complexity index is 600. The van der Waals surface area contributed by atoms with Crippen LogP contribution in [0.4, 0.5) is 10.1 Å². The summed E-state index contributed by atoms with van der Waals surface area (Å²) < 4.78 is 19.6. The van der Waals surface area contributed by atoms with Crippen LogP contribution < -0.4 is 10.1 Å². The molecule has 1 heterocycles. The highest BCUT2D eigenvalue weighted by atomic mass is 79.9. The number of halogens is 2. The van der Waals surface area contributed by atoms with Gasteiger partial charge < -0.3 is 10.1 Å². The number of hydrogen-bond acceptors (Lipinski definition) is 3. The number of carbonyl (C=O) groups excluding carboxylic acids is 1. The molecule has 0 aliphatic carbocycles. The predicted octanol–water partition coefficient (Wildman–Crippen LogP) is 4.30. The zero-order chi connectivity index (χ0) is 13.8. The molecular formula is C13H11BrFNO2S. The third kappa shape index (κ3) is 3.54. The zero-order valence-corrected chi connectivity index (χ0v) is 12.5. The number of thiophene rings is 1. The molecule has 0 aliphatic rings. The maximum atomic E-state index is 13.6. The number of hydrogen-bond donors (Lipinski definition) is 1. The van der Waals surface area contributed by atoms with E-state index in [0.717, 1.165) is 3.79 Å². The largest absolute Gasteiger partial charge is 0.491 e. The molecule has 0 atom stereocenters. The first-order valence-electron chi connectivity index (χ1n) is 5.59. The molecule has 2 rings (SSSR count). The average molecular weight is 344 g/mol. The SMILES string of the molecule is CCOc1ccc(NC(=O)c2ccc(Br)s2)cc1F. The molecule has 1 N–H and O–H groups in total. The lowest BCUT2D eigenvalue weighted by atomic mass is 10.3. The number of amides is 1. The average Bonchev–Trinajstić information content (AvgIpc) is 2.80. The van der Waals surface area contributed by atoms with E-state index in [1.807, 2.05) is 0 Å². The lowest BCUT2D eigenvalue weighted by molar-refractivity contribution is 0.103. The van der Waals surface area contributed by atoms with Crippen molar-refractivity contribution in [1.82, 2.24) is 0 Å². The zero-order valence-electron chi connectivity index (χ0n) is 10.1. The van der Waals surface area contributed by atoms with Crippen LogP contribution in [-0.4, -0.2) is 12.5 Å². The van der Waals surface area contributed by atoms with Gasteiger partial charge in [-0.05, 0) is 47.1 Å². The van der Waals surface area contributed by atoms with Gasteiger partial charge in [-0.3, -0.25) is 4.79 Å². The Balaban J connectivity index is 2.11. The summed E-state index contributed by atoms with van der Waals surface area (Å²) in [7, 11) is 0. The highest BCUT2D eigenvalue weighted by Gasteiger charge is 2.10. The van der Waals surface area contributed by atoms with Gasteiger partial charge in [0.25, 0.3) is 5.91 Å². The molecule has 19 heavy (non-hydrogen) atoms. The standard InChI is InChI=1S/C13H11BrFNO2S/c1-2-18-10-4-3-8(7-9(10)15)16-13(17)11-5-6-12(14)19-11/h3-7H,2H2,1H3,(H,16,17). The van der Waals surface area contributed by atoms with E-state index in [4.69, 9.17) is 4.74 Å². The fraction of sp³-hybridized carbons (Fsp3) is 0.154. The van der Waals surface area contributed by atoms with Crippen molar-refractivity contribution in [2.24, 2.45) is 0 Å². The number of nitrogens with one attached hydrogen (secondary N) is 1. The molecule has 0 bridgehead atoms. The van der Waals surface area contributed by atoms with Gasteiger partial charge in [0.1, 0.15) is 0 Å². The molecule has 3 nitrogen and oxygen atoms in total. The van der Waals surface area contributed by atoms with Gasteiger partial charge in [0, 0.05) is 11.8 Å². The van der Waals surface area contributed by atoms with Crippen molar-refractivity contribution in [2.45, 2.75) is 6.92 Å². The molecule has 1 amide bonds. The number of ether oxygens (including phenoxy) is 1. The number of rotatable bonds is 4. The van der Waals surface area contributed by atoms with Crippen LogP contribution in [0.1, 0.15) is 16.6 Å². The van der Waals surface area contributed by atoms with Gasteiger partial charge in [0.2, 0.25) is 0 Å². The fourth-order valence-electron chi connectivity index (χ4n) is 1.48. The fourth-order valence-corrected chi connectivity index (χ4v) is 2.76. The van der Waals surface area contributed by atoms with Crippen molar-refractivity contribution in [2.75, 3.05) is 11.9 Å². The molecule has 0 saturated carbocycles. The van der Waals surface area contributed by atoms with Crippen LogP contribution in [0.2, 0.25) is 0 Å². The van der Waals surface area contributed by atoms with Crippen LogP contribution in [0.15, 0.2) is 34.1 Å². The Labute approximate surface area is 122 Å². The van der Waals surface area contributed by atoms with E-state index in [1.54, 1.807) is 25.1 Å². The molecule has 2 aromatic rings. The normalized spacial score (nSPS) is 10.3. The molecule has 0 spiro atoms. The molecule has 6 heteroatoms. The number of carbonyl (C=O) groups is 1. The van der Waals surface area contributed by atoms with Crippen molar-refractivity contribution in [3.05, 3.63) is 44.8 Å². The molecule has 0 fully saturated rings. The van der Waals surface area contributed by atoms with Crippen molar-refractivity contribution in [3.63, 3.8) is 0 Å². The van der Waals surface area contributed by atoms with E-state index >= 15 is 0 Å². The van der Waals surface area contributed by atoms with Crippen LogP contribution in [0.3, 0.4) is 0 Å². The van der Waals surface area contributed by atoms with E-state index in [2.05, 4.69) is 21.2 Å². The van der Waals surface area contributed by atoms with Gasteiger partial charge in [0.05, 0.1) is 15.3 Å². The third-order valence-electron chi connectivity index (χ3n) is 2.29. The first-order valence-corrected chi connectivity index (χ1v) is 7.20. The van der Waals surface area contributed by atoms with Gasteiger partial charge in [-0.1, -0.05) is 0 Å². The Morgan fingerprint density at radius 3 is 2.79 bits per heavy atom. The highest BCUT2D eigenvalue weighted by Crippen LogP contribution is 2.24. The number of benzene rings is 1. The summed E-state index contributed by atoms with van der Waals surface area (Å²) in [6.45, 7) is 2.18. The number of anilines is 1. The molecule has 0 unspecified atom stereocenters. The molecule has 0 radical (unpaired) electrons. The monoisotopic (exact) mass is 343 g/mol. The van der Waals surface area contributed by atoms with Crippen molar-refractivity contribution in [3.8, 4) is 5.75 Å². The van der Waals surface area contributed by atoms with E-state index < -0.39 is 5.82 Å². The molecule has 0 aliphatic heterocycles. The quantitative estimate of drug-likeness (QED) is 0.898. The molecular weight excluding hydrogens is 333 g/mol. The van der Waals surface area contributed by atoms with Crippen LogP contribution >= 0.6 is 27.3 Å². The second kappa shape index (κ2) is 6.16. The van der Waals surface area contributed by atoms with Gasteiger partial charge in [-0.2, -0.15) is 0 Å². The maximum absolute atomic E-state index is 13.6. The highest BCUT2D eigenvalue weighted by molar-refractivity contribution is 9.11. The van der Waals surface area contributed by atoms with Gasteiger partial charge >= 0.3 is 0 Å². The molecule has 0 saturated heterocycles. The molecule has 1 aromatic heterocycles. The maximum Gasteiger partial charge on any atom is 0.265 e. The van der Waals surface area contributed by atoms with E-state index in [0.29, 0.717) is 17.2 Å². The van der Waals surface area contributed by atoms with Crippen LogP contribution in [0.25, 0.3) is 0 Å². The summed E-state index contributed by atoms with van der Waals surface area (Å²) in [5.74, 6) is -0.578. The second-order valence-electron chi connectivity index (χ2n) is 3.64. The first kappa shape index (κ1) is 14.0. The summed E-state index contributed by atoms with van der Waals surface area (Å²) in [5, 5.41) is 2.64. The Hall–Kier alpha value is -1.40. The van der Waals surface area contributed by atoms with E-state index in [1.165, 1.54) is 23.5 Å². The first-order chi connectivity index (χ1) is 9.10. The summed E-state index contributed by atoms with van der Waals surface area (Å²) in [4.78, 5) is 12.4. The minimum absolute atomic E-state index is 0.180. The smallest absolute Gasteiger partial charge is 0.265 e. The van der Waals surface area contributed by atoms with Crippen LogP contribution in [0, 0.1) is 5.82 Å². The Kier molecular flexibility index (Phi) is 4.55. The van der Waals surface area contributed by atoms with Crippen molar-refractivity contribution >= 4 is 38.9 Å². The minimum atomic E-state index is -0.494. The van der Waals surface area contributed by atoms with Gasteiger partial charge in [-0.25, -0.2) is 4.39 Å². The molecule has 1 aromatic carbocycles. The Morgan fingerprint density at radius 2 is 2.21 bits per heavy atom. The predicted molar refractivity (Wildman–Crippen MR) is 77.5 cm³/mol. The van der Waals surface area contributed by atoms with Gasteiger partial charge in [-0.15, -0.1) is 11.3 Å². The van der Waals surface area contributed by atoms with Crippen LogP contribution in [0.5, 0.6) is 5.75 Å². The summed E-state index contributed by atoms with van der Waals surface area (Å²) in [6, 6.07) is 7.84. The third-order valence-corrected chi connectivity index (χ3v) is 3.91. The summed E-state index contributed by atoms with van der Waals surface area (Å²) >= 11 is 4.60. The second-order valence-corrected chi connectivity index (χ2v) is 6.10. The topological polar surface area (TPSA) is 38.3 Å². The van der Waals surface area contributed by atoms with Crippen molar-refractivity contribution in [1.29, 1.82) is 0 Å². The van der Waals surface area contributed by atoms with Crippen LogP contribution in [-0.2, 0) is 0 Å². The van der Waals surface area contributed by atoms with E-state index in [-0.39, 0.29) is 11.7 Å². The minimum Gasteiger partial charge on any atom is -0.491 e. The van der Waals surface area contributed by atoms with Crippen molar-refractivity contribution < 1.29 is 13.9 Å². The summed E-state index contributed by atoms with van der Waals surface area (Å²) in [6.07, 6.45) is 0.